The Morgan fingerprint density at radius 2 is 1.87 bits per heavy atom. The van der Waals surface area contributed by atoms with Crippen LogP contribution in [-0.4, -0.2) is 43.2 Å². The van der Waals surface area contributed by atoms with Gasteiger partial charge in [0.2, 0.25) is 0 Å². The first kappa shape index (κ1) is 16.3. The number of hydrogen-bond donors (Lipinski definition) is 2. The van der Waals surface area contributed by atoms with Crippen LogP contribution in [0.4, 0.5) is 0 Å². The first-order valence-corrected chi connectivity index (χ1v) is 8.74. The molecule has 1 saturated carbocycles. The number of aliphatic imine (C=N–C) groups is 1. The van der Waals surface area contributed by atoms with E-state index >= 15 is 0 Å². The van der Waals surface area contributed by atoms with E-state index in [2.05, 4.69) is 39.5 Å². The van der Waals surface area contributed by atoms with Gasteiger partial charge in [-0.1, -0.05) is 37.1 Å². The molecule has 1 aliphatic carbocycles. The Kier molecular flexibility index (Phi) is 5.88. The van der Waals surface area contributed by atoms with Gasteiger partial charge in [-0.25, -0.2) is 4.99 Å². The smallest absolute Gasteiger partial charge is 0.189 e. The van der Waals surface area contributed by atoms with E-state index in [1.54, 1.807) is 0 Å². The number of guanidine groups is 1. The normalized spacial score (nSPS) is 20.8. The third-order valence-electron chi connectivity index (χ3n) is 4.74. The number of rotatable bonds is 5. The third-order valence-corrected chi connectivity index (χ3v) is 4.74. The van der Waals surface area contributed by atoms with Gasteiger partial charge in [0.15, 0.2) is 5.96 Å². The maximum Gasteiger partial charge on any atom is 0.189 e. The predicted molar refractivity (Wildman–Crippen MR) is 93.3 cm³/mol. The molecule has 2 fully saturated rings. The zero-order valence-electron chi connectivity index (χ0n) is 13.8. The van der Waals surface area contributed by atoms with Crippen LogP contribution in [0, 0.1) is 0 Å². The van der Waals surface area contributed by atoms with Gasteiger partial charge >= 0.3 is 0 Å². The maximum atomic E-state index is 6.05. The molecule has 3 rings (SSSR count). The predicted octanol–water partition coefficient (Wildman–Crippen LogP) is 1.87. The lowest BCUT2D eigenvalue weighted by atomic mass is 10.1. The van der Waals surface area contributed by atoms with Gasteiger partial charge in [0.05, 0.1) is 19.8 Å². The Balaban J connectivity index is 1.58. The van der Waals surface area contributed by atoms with Crippen molar-refractivity contribution in [1.82, 2.24) is 10.2 Å². The van der Waals surface area contributed by atoms with E-state index in [0.717, 1.165) is 32.8 Å². The van der Waals surface area contributed by atoms with Crippen molar-refractivity contribution in [1.29, 1.82) is 0 Å². The molecule has 0 unspecified atom stereocenters. The van der Waals surface area contributed by atoms with Crippen molar-refractivity contribution in [3.8, 4) is 0 Å². The summed E-state index contributed by atoms with van der Waals surface area (Å²) in [5, 5.41) is 3.35. The van der Waals surface area contributed by atoms with E-state index in [-0.39, 0.29) is 0 Å². The van der Waals surface area contributed by atoms with Crippen molar-refractivity contribution in [2.24, 2.45) is 10.7 Å². The summed E-state index contributed by atoms with van der Waals surface area (Å²) in [5.41, 5.74) is 8.65. The van der Waals surface area contributed by atoms with Gasteiger partial charge in [0, 0.05) is 25.7 Å². The van der Waals surface area contributed by atoms with E-state index in [9.17, 15) is 0 Å². The Labute approximate surface area is 138 Å². The van der Waals surface area contributed by atoms with Crippen molar-refractivity contribution in [3.63, 3.8) is 0 Å². The largest absolute Gasteiger partial charge is 0.379 e. The Morgan fingerprint density at radius 3 is 2.61 bits per heavy atom. The Hall–Kier alpha value is -1.59. The van der Waals surface area contributed by atoms with Gasteiger partial charge in [-0.05, 0) is 24.0 Å². The molecule has 1 heterocycles. The van der Waals surface area contributed by atoms with E-state index in [0.29, 0.717) is 18.5 Å². The highest BCUT2D eigenvalue weighted by Crippen LogP contribution is 2.17. The molecule has 126 valence electrons. The number of morpholine rings is 1. The molecular weight excluding hydrogens is 288 g/mol. The van der Waals surface area contributed by atoms with E-state index in [4.69, 9.17) is 10.5 Å². The maximum absolute atomic E-state index is 6.05. The van der Waals surface area contributed by atoms with Gasteiger partial charge in [0.25, 0.3) is 0 Å². The number of nitrogens with one attached hydrogen (secondary N) is 1. The summed E-state index contributed by atoms with van der Waals surface area (Å²) < 4.78 is 5.42. The van der Waals surface area contributed by atoms with Crippen molar-refractivity contribution in [2.75, 3.05) is 26.3 Å². The van der Waals surface area contributed by atoms with Crippen molar-refractivity contribution in [3.05, 3.63) is 35.4 Å². The van der Waals surface area contributed by atoms with Gasteiger partial charge in [0.1, 0.15) is 0 Å². The summed E-state index contributed by atoms with van der Waals surface area (Å²) in [6, 6.07) is 9.04. The highest BCUT2D eigenvalue weighted by atomic mass is 16.5. The topological polar surface area (TPSA) is 62.9 Å². The second-order valence-electron chi connectivity index (χ2n) is 6.48. The molecule has 1 aromatic carbocycles. The Morgan fingerprint density at radius 1 is 1.17 bits per heavy atom. The molecule has 0 atom stereocenters. The Bertz CT molecular complexity index is 520. The first-order chi connectivity index (χ1) is 11.3. The van der Waals surface area contributed by atoms with Gasteiger partial charge in [-0.3, -0.25) is 4.90 Å². The summed E-state index contributed by atoms with van der Waals surface area (Å²) >= 11 is 0. The van der Waals surface area contributed by atoms with Crippen molar-refractivity contribution >= 4 is 5.96 Å². The molecule has 1 saturated heterocycles. The second-order valence-corrected chi connectivity index (χ2v) is 6.48. The summed E-state index contributed by atoms with van der Waals surface area (Å²) in [7, 11) is 0. The fourth-order valence-electron chi connectivity index (χ4n) is 3.36. The molecule has 1 aromatic rings. The molecule has 23 heavy (non-hydrogen) atoms. The van der Waals surface area contributed by atoms with Crippen LogP contribution in [0.1, 0.15) is 36.8 Å². The lowest BCUT2D eigenvalue weighted by molar-refractivity contribution is 0.0341. The average Bonchev–Trinajstić information content (AvgIpc) is 3.08. The van der Waals surface area contributed by atoms with Gasteiger partial charge in [-0.15, -0.1) is 0 Å². The minimum atomic E-state index is 0.516. The minimum Gasteiger partial charge on any atom is -0.379 e. The van der Waals surface area contributed by atoms with Crippen LogP contribution in [0.5, 0.6) is 0 Å². The molecule has 0 radical (unpaired) electrons. The second kappa shape index (κ2) is 8.31. The molecule has 5 nitrogen and oxygen atoms in total. The highest BCUT2D eigenvalue weighted by Gasteiger charge is 2.15. The molecule has 0 amide bonds. The fourth-order valence-corrected chi connectivity index (χ4v) is 3.36. The molecule has 2 aliphatic rings. The van der Waals surface area contributed by atoms with Crippen LogP contribution in [0.2, 0.25) is 0 Å². The van der Waals surface area contributed by atoms with Crippen LogP contribution in [0.3, 0.4) is 0 Å². The van der Waals surface area contributed by atoms with Crippen LogP contribution in [0.25, 0.3) is 0 Å². The number of ether oxygens (including phenoxy) is 1. The average molecular weight is 316 g/mol. The molecule has 0 aromatic heterocycles. The summed E-state index contributed by atoms with van der Waals surface area (Å²) in [4.78, 5) is 6.99. The fraction of sp³-hybridized carbons (Fsp3) is 0.611. The minimum absolute atomic E-state index is 0.516. The first-order valence-electron chi connectivity index (χ1n) is 8.74. The quantitative estimate of drug-likeness (QED) is 0.643. The summed E-state index contributed by atoms with van der Waals surface area (Å²) in [6.45, 7) is 5.28. The lowest BCUT2D eigenvalue weighted by Gasteiger charge is -2.27. The van der Waals surface area contributed by atoms with Gasteiger partial charge < -0.3 is 15.8 Å². The monoisotopic (exact) mass is 316 g/mol. The number of benzene rings is 1. The third kappa shape index (κ3) is 4.94. The molecule has 5 heteroatoms. The number of nitrogens with two attached hydrogens (primary N) is 1. The van der Waals surface area contributed by atoms with E-state index in [1.807, 2.05) is 0 Å². The standard InChI is InChI=1S/C18H28N4O/c19-18(21-17-7-3-4-8-17)20-13-15-5-1-2-6-16(15)14-22-9-11-23-12-10-22/h1-2,5-6,17H,3-4,7-14H2,(H3,19,20,21). The highest BCUT2D eigenvalue weighted by molar-refractivity contribution is 5.78. The van der Waals surface area contributed by atoms with Crippen molar-refractivity contribution < 1.29 is 4.74 Å². The van der Waals surface area contributed by atoms with Crippen LogP contribution < -0.4 is 11.1 Å². The number of nitrogens with zero attached hydrogens (tertiary/aromatic N) is 2. The van der Waals surface area contributed by atoms with E-state index < -0.39 is 0 Å². The van der Waals surface area contributed by atoms with Gasteiger partial charge in [-0.2, -0.15) is 0 Å². The molecule has 1 aliphatic heterocycles. The summed E-state index contributed by atoms with van der Waals surface area (Å²) in [5.74, 6) is 0.582. The van der Waals surface area contributed by atoms with Crippen molar-refractivity contribution in [2.45, 2.75) is 44.8 Å². The summed E-state index contributed by atoms with van der Waals surface area (Å²) in [6.07, 6.45) is 5.02. The zero-order chi connectivity index (χ0) is 15.9. The van der Waals surface area contributed by atoms with Crippen LogP contribution in [-0.2, 0) is 17.8 Å². The van der Waals surface area contributed by atoms with E-state index in [1.165, 1.54) is 36.8 Å². The molecule has 3 N–H and O–H groups in total. The molecule has 0 spiro atoms. The van der Waals surface area contributed by atoms with Crippen LogP contribution >= 0.6 is 0 Å². The molecular formula is C18H28N4O. The lowest BCUT2D eigenvalue weighted by Crippen LogP contribution is -2.38. The zero-order valence-corrected chi connectivity index (χ0v) is 13.8. The molecule has 0 bridgehead atoms. The van der Waals surface area contributed by atoms with Crippen LogP contribution in [0.15, 0.2) is 29.3 Å². The SMILES string of the molecule is NC(=NCc1ccccc1CN1CCOCC1)NC1CCCC1. The number of hydrogen-bond acceptors (Lipinski definition) is 3.